The van der Waals surface area contributed by atoms with Gasteiger partial charge in [0.05, 0.1) is 18.0 Å². The van der Waals surface area contributed by atoms with Gasteiger partial charge in [0.15, 0.2) is 0 Å². The largest absolute Gasteiger partial charge is 0.497 e. The lowest BCUT2D eigenvalue weighted by atomic mass is 10.0. The summed E-state index contributed by atoms with van der Waals surface area (Å²) in [6, 6.07) is 17.7. The van der Waals surface area contributed by atoms with Crippen LogP contribution in [-0.4, -0.2) is 15.5 Å². The van der Waals surface area contributed by atoms with Gasteiger partial charge in [-0.25, -0.2) is 8.42 Å². The second-order valence-corrected chi connectivity index (χ2v) is 8.35. The van der Waals surface area contributed by atoms with Crippen molar-refractivity contribution >= 4 is 21.4 Å². The Labute approximate surface area is 152 Å². The molecule has 25 heavy (non-hydrogen) atoms. The normalized spacial score (nSPS) is 12.7. The van der Waals surface area contributed by atoms with Crippen LogP contribution in [0.25, 0.3) is 0 Å². The van der Waals surface area contributed by atoms with Crippen molar-refractivity contribution in [1.82, 2.24) is 4.72 Å². The van der Waals surface area contributed by atoms with Gasteiger partial charge in [-0.2, -0.15) is 4.72 Å². The summed E-state index contributed by atoms with van der Waals surface area (Å²) >= 11 is 1.53. The Balaban J connectivity index is 1.95. The molecule has 3 rings (SSSR count). The minimum Gasteiger partial charge on any atom is -0.497 e. The Morgan fingerprint density at radius 1 is 1.00 bits per heavy atom. The number of ether oxygens (including phenoxy) is 1. The third-order valence-corrected chi connectivity index (χ3v) is 6.26. The van der Waals surface area contributed by atoms with Crippen molar-refractivity contribution in [3.63, 3.8) is 0 Å². The molecule has 0 radical (unpaired) electrons. The standard InChI is InChI=1S/C19H19NO3S2/c1-14-5-7-15(8-6-14)19(18-4-3-13-24-18)20-25(21,22)17-11-9-16(23-2)10-12-17/h3-13,19-20H,1-2H3/t19-/m0/s1. The SMILES string of the molecule is COc1ccc(S(=O)(=O)N[C@@H](c2ccc(C)cc2)c2cccs2)cc1. The van der Waals surface area contributed by atoms with Crippen molar-refractivity contribution < 1.29 is 13.2 Å². The van der Waals surface area contributed by atoms with Crippen LogP contribution in [-0.2, 0) is 10.0 Å². The number of thiophene rings is 1. The first kappa shape index (κ1) is 17.7. The fraction of sp³-hybridized carbons (Fsp3) is 0.158. The van der Waals surface area contributed by atoms with E-state index in [1.807, 2.05) is 48.7 Å². The van der Waals surface area contributed by atoms with E-state index in [1.54, 1.807) is 31.4 Å². The van der Waals surface area contributed by atoms with Gasteiger partial charge in [-0.3, -0.25) is 0 Å². The smallest absolute Gasteiger partial charge is 0.241 e. The highest BCUT2D eigenvalue weighted by Crippen LogP contribution is 2.28. The Bertz CT molecular complexity index is 916. The monoisotopic (exact) mass is 373 g/mol. The molecule has 1 atom stereocenters. The highest BCUT2D eigenvalue weighted by Gasteiger charge is 2.23. The molecule has 3 aromatic rings. The number of hydrogen-bond acceptors (Lipinski definition) is 4. The molecular formula is C19H19NO3S2. The number of benzene rings is 2. The predicted octanol–water partition coefficient (Wildman–Crippen LogP) is 4.13. The quantitative estimate of drug-likeness (QED) is 0.707. The van der Waals surface area contributed by atoms with E-state index in [4.69, 9.17) is 4.74 Å². The van der Waals surface area contributed by atoms with Crippen molar-refractivity contribution in [2.75, 3.05) is 7.11 Å². The van der Waals surface area contributed by atoms with Gasteiger partial charge in [0.2, 0.25) is 10.0 Å². The molecule has 6 heteroatoms. The van der Waals surface area contributed by atoms with Crippen LogP contribution in [0.15, 0.2) is 70.9 Å². The third kappa shape index (κ3) is 4.10. The zero-order chi connectivity index (χ0) is 17.9. The minimum atomic E-state index is -3.67. The second kappa shape index (κ2) is 7.39. The second-order valence-electron chi connectivity index (χ2n) is 5.66. The Hall–Kier alpha value is -2.15. The summed E-state index contributed by atoms with van der Waals surface area (Å²) in [5, 5.41) is 1.94. The van der Waals surface area contributed by atoms with Crippen LogP contribution in [0, 0.1) is 6.92 Å². The Morgan fingerprint density at radius 2 is 1.68 bits per heavy atom. The van der Waals surface area contributed by atoms with Crippen molar-refractivity contribution in [3.05, 3.63) is 82.0 Å². The van der Waals surface area contributed by atoms with Gasteiger partial charge in [-0.1, -0.05) is 35.9 Å². The average Bonchev–Trinajstić information content (AvgIpc) is 3.15. The summed E-state index contributed by atoms with van der Waals surface area (Å²) in [4.78, 5) is 1.16. The number of rotatable bonds is 6. The fourth-order valence-electron chi connectivity index (χ4n) is 2.48. The molecule has 0 fully saturated rings. The summed E-state index contributed by atoms with van der Waals surface area (Å²) in [7, 11) is -2.12. The zero-order valence-electron chi connectivity index (χ0n) is 14.0. The topological polar surface area (TPSA) is 55.4 Å². The molecule has 1 N–H and O–H groups in total. The maximum absolute atomic E-state index is 12.8. The number of methoxy groups -OCH3 is 1. The number of hydrogen-bond donors (Lipinski definition) is 1. The lowest BCUT2D eigenvalue weighted by Gasteiger charge is -2.18. The van der Waals surface area contributed by atoms with Gasteiger partial charge in [-0.15, -0.1) is 11.3 Å². The van der Waals surface area contributed by atoms with E-state index in [2.05, 4.69) is 4.72 Å². The lowest BCUT2D eigenvalue weighted by molar-refractivity contribution is 0.414. The molecule has 1 heterocycles. The molecule has 0 bridgehead atoms. The van der Waals surface area contributed by atoms with E-state index in [9.17, 15) is 8.42 Å². The van der Waals surface area contributed by atoms with Gasteiger partial charge in [0.25, 0.3) is 0 Å². The van der Waals surface area contributed by atoms with Gasteiger partial charge in [0.1, 0.15) is 5.75 Å². The molecule has 1 aromatic heterocycles. The lowest BCUT2D eigenvalue weighted by Crippen LogP contribution is -2.29. The summed E-state index contributed by atoms with van der Waals surface area (Å²) in [6.07, 6.45) is 0. The number of sulfonamides is 1. The van der Waals surface area contributed by atoms with Crippen molar-refractivity contribution in [1.29, 1.82) is 0 Å². The van der Waals surface area contributed by atoms with Crippen molar-refractivity contribution in [2.45, 2.75) is 17.9 Å². The van der Waals surface area contributed by atoms with E-state index >= 15 is 0 Å². The first-order valence-corrected chi connectivity index (χ1v) is 10.1. The minimum absolute atomic E-state index is 0.210. The van der Waals surface area contributed by atoms with E-state index in [-0.39, 0.29) is 4.90 Å². The number of nitrogens with one attached hydrogen (secondary N) is 1. The summed E-state index contributed by atoms with van der Waals surface area (Å²) < 4.78 is 33.6. The fourth-order valence-corrected chi connectivity index (χ4v) is 4.56. The molecule has 0 saturated heterocycles. The Kier molecular flexibility index (Phi) is 5.22. The molecule has 0 amide bonds. The average molecular weight is 373 g/mol. The van der Waals surface area contributed by atoms with Gasteiger partial charge in [-0.05, 0) is 48.2 Å². The van der Waals surface area contributed by atoms with Crippen LogP contribution >= 0.6 is 11.3 Å². The van der Waals surface area contributed by atoms with Crippen LogP contribution in [0.1, 0.15) is 22.0 Å². The highest BCUT2D eigenvalue weighted by atomic mass is 32.2. The van der Waals surface area contributed by atoms with Crippen LogP contribution in [0.2, 0.25) is 0 Å². The van der Waals surface area contributed by atoms with E-state index in [0.29, 0.717) is 5.75 Å². The molecule has 2 aromatic carbocycles. The van der Waals surface area contributed by atoms with Crippen molar-refractivity contribution in [2.24, 2.45) is 0 Å². The maximum atomic E-state index is 12.8. The first-order valence-electron chi connectivity index (χ1n) is 7.76. The summed E-state index contributed by atoms with van der Waals surface area (Å²) in [5.74, 6) is 0.618. The molecule has 0 spiro atoms. The van der Waals surface area contributed by atoms with Crippen LogP contribution in [0.4, 0.5) is 0 Å². The van der Waals surface area contributed by atoms with Gasteiger partial charge >= 0.3 is 0 Å². The molecular weight excluding hydrogens is 354 g/mol. The molecule has 130 valence electrons. The molecule has 4 nitrogen and oxygen atoms in total. The Morgan fingerprint density at radius 3 is 2.24 bits per heavy atom. The highest BCUT2D eigenvalue weighted by molar-refractivity contribution is 7.89. The maximum Gasteiger partial charge on any atom is 0.241 e. The van der Waals surface area contributed by atoms with E-state index in [0.717, 1.165) is 16.0 Å². The van der Waals surface area contributed by atoms with E-state index in [1.165, 1.54) is 11.3 Å². The zero-order valence-corrected chi connectivity index (χ0v) is 15.6. The third-order valence-electron chi connectivity index (χ3n) is 3.88. The molecule has 0 saturated carbocycles. The molecule has 0 aliphatic rings. The molecule has 0 aliphatic heterocycles. The summed E-state index contributed by atoms with van der Waals surface area (Å²) in [6.45, 7) is 2.01. The number of aryl methyl sites for hydroxylation is 1. The van der Waals surface area contributed by atoms with Crippen LogP contribution in [0.5, 0.6) is 5.75 Å². The predicted molar refractivity (Wildman–Crippen MR) is 101 cm³/mol. The van der Waals surface area contributed by atoms with Crippen molar-refractivity contribution in [3.8, 4) is 5.75 Å². The molecule has 0 unspecified atom stereocenters. The first-order chi connectivity index (χ1) is 12.0. The van der Waals surface area contributed by atoms with Gasteiger partial charge < -0.3 is 4.74 Å². The molecule has 0 aliphatic carbocycles. The van der Waals surface area contributed by atoms with Gasteiger partial charge in [0, 0.05) is 4.88 Å². The van der Waals surface area contributed by atoms with E-state index < -0.39 is 16.1 Å². The van der Waals surface area contributed by atoms with Crippen LogP contribution in [0.3, 0.4) is 0 Å². The van der Waals surface area contributed by atoms with Crippen LogP contribution < -0.4 is 9.46 Å². The summed E-state index contributed by atoms with van der Waals surface area (Å²) in [5.41, 5.74) is 2.04.